The highest BCUT2D eigenvalue weighted by Gasteiger charge is 2.53. The lowest BCUT2D eigenvalue weighted by atomic mass is 9.47. The summed E-state index contributed by atoms with van der Waals surface area (Å²) in [6.07, 6.45) is 11.6. The second-order valence-corrected chi connectivity index (χ2v) is 8.89. The summed E-state index contributed by atoms with van der Waals surface area (Å²) in [4.78, 5) is 0. The van der Waals surface area contributed by atoms with Gasteiger partial charge in [-0.15, -0.1) is 0 Å². The van der Waals surface area contributed by atoms with Gasteiger partial charge in [-0.2, -0.15) is 0 Å². The van der Waals surface area contributed by atoms with Crippen LogP contribution < -0.4 is 5.32 Å². The first kappa shape index (κ1) is 15.8. The van der Waals surface area contributed by atoms with E-state index in [1.54, 1.807) is 19.3 Å². The molecule has 1 atom stereocenters. The molecule has 0 aromatic rings. The molecule has 4 saturated carbocycles. The second-order valence-electron chi connectivity index (χ2n) is 8.89. The third-order valence-electron chi connectivity index (χ3n) is 6.86. The van der Waals surface area contributed by atoms with Crippen LogP contribution in [-0.2, 0) is 4.74 Å². The molecule has 0 aromatic heterocycles. The average molecular weight is 293 g/mol. The fourth-order valence-corrected chi connectivity index (χ4v) is 6.07. The molecule has 4 aliphatic rings. The summed E-state index contributed by atoms with van der Waals surface area (Å²) in [6.45, 7) is 7.85. The first-order valence-corrected chi connectivity index (χ1v) is 9.25. The van der Waals surface area contributed by atoms with Crippen molar-refractivity contribution >= 4 is 0 Å². The normalized spacial score (nSPS) is 39.7. The standard InChI is InChI=1S/C19H35NO/c1-5-20-17(6-7-18(2,3)21-4)19-11-14-8-15(12-19)10-16(9-14)13-19/h14-17,20H,5-13H2,1-4H3. The molecule has 122 valence electrons. The van der Waals surface area contributed by atoms with Gasteiger partial charge >= 0.3 is 0 Å². The topological polar surface area (TPSA) is 21.3 Å². The number of hydrogen-bond acceptors (Lipinski definition) is 2. The molecule has 0 aliphatic heterocycles. The van der Waals surface area contributed by atoms with Crippen LogP contribution in [-0.4, -0.2) is 25.3 Å². The summed E-state index contributed by atoms with van der Waals surface area (Å²) >= 11 is 0. The van der Waals surface area contributed by atoms with Gasteiger partial charge in [-0.05, 0) is 94.9 Å². The van der Waals surface area contributed by atoms with Crippen molar-refractivity contribution < 1.29 is 4.74 Å². The maximum atomic E-state index is 5.66. The van der Waals surface area contributed by atoms with E-state index in [2.05, 4.69) is 26.1 Å². The van der Waals surface area contributed by atoms with Gasteiger partial charge in [0.1, 0.15) is 0 Å². The van der Waals surface area contributed by atoms with Crippen molar-refractivity contribution in [3.8, 4) is 0 Å². The van der Waals surface area contributed by atoms with Crippen LogP contribution in [0.15, 0.2) is 0 Å². The van der Waals surface area contributed by atoms with Crippen molar-refractivity contribution in [2.24, 2.45) is 23.2 Å². The molecule has 4 fully saturated rings. The van der Waals surface area contributed by atoms with Crippen molar-refractivity contribution in [3.05, 3.63) is 0 Å². The Kier molecular flexibility index (Phi) is 4.40. The van der Waals surface area contributed by atoms with E-state index in [9.17, 15) is 0 Å². The summed E-state index contributed by atoms with van der Waals surface area (Å²) < 4.78 is 5.66. The largest absolute Gasteiger partial charge is 0.379 e. The smallest absolute Gasteiger partial charge is 0.0623 e. The lowest BCUT2D eigenvalue weighted by Gasteiger charge is -2.60. The van der Waals surface area contributed by atoms with Crippen molar-refractivity contribution in [2.75, 3.05) is 13.7 Å². The van der Waals surface area contributed by atoms with E-state index in [0.29, 0.717) is 11.5 Å². The zero-order valence-electron chi connectivity index (χ0n) is 14.6. The van der Waals surface area contributed by atoms with E-state index >= 15 is 0 Å². The Morgan fingerprint density at radius 3 is 2.05 bits per heavy atom. The minimum atomic E-state index is 0.0238. The Morgan fingerprint density at radius 2 is 1.62 bits per heavy atom. The molecule has 0 heterocycles. The van der Waals surface area contributed by atoms with E-state index in [-0.39, 0.29) is 5.60 Å². The van der Waals surface area contributed by atoms with Gasteiger partial charge in [-0.3, -0.25) is 0 Å². The Labute approximate surface area is 131 Å². The van der Waals surface area contributed by atoms with Crippen LogP contribution in [0.4, 0.5) is 0 Å². The van der Waals surface area contributed by atoms with E-state index in [4.69, 9.17) is 4.74 Å². The summed E-state index contributed by atoms with van der Waals surface area (Å²) in [7, 11) is 1.85. The molecule has 0 radical (unpaired) electrons. The second kappa shape index (κ2) is 5.85. The van der Waals surface area contributed by atoms with Gasteiger partial charge in [0.25, 0.3) is 0 Å². The Balaban J connectivity index is 1.71. The monoisotopic (exact) mass is 293 g/mol. The number of nitrogens with one attached hydrogen (secondary N) is 1. The van der Waals surface area contributed by atoms with Gasteiger partial charge < -0.3 is 10.1 Å². The fourth-order valence-electron chi connectivity index (χ4n) is 6.07. The Morgan fingerprint density at radius 1 is 1.10 bits per heavy atom. The average Bonchev–Trinajstić information content (AvgIpc) is 2.42. The molecule has 4 bridgehead atoms. The molecule has 1 unspecified atom stereocenters. The van der Waals surface area contributed by atoms with Crippen LogP contribution in [0.1, 0.15) is 72.1 Å². The van der Waals surface area contributed by atoms with E-state index < -0.39 is 0 Å². The number of hydrogen-bond donors (Lipinski definition) is 1. The van der Waals surface area contributed by atoms with Gasteiger partial charge in [0.15, 0.2) is 0 Å². The van der Waals surface area contributed by atoms with Gasteiger partial charge in [-0.1, -0.05) is 6.92 Å². The molecule has 0 spiro atoms. The van der Waals surface area contributed by atoms with Crippen LogP contribution >= 0.6 is 0 Å². The van der Waals surface area contributed by atoms with E-state index in [0.717, 1.165) is 24.3 Å². The van der Waals surface area contributed by atoms with Crippen molar-refractivity contribution in [2.45, 2.75) is 83.8 Å². The lowest BCUT2D eigenvalue weighted by molar-refractivity contribution is -0.0797. The Bertz CT molecular complexity index is 327. The van der Waals surface area contributed by atoms with Gasteiger partial charge in [0.2, 0.25) is 0 Å². The molecule has 4 aliphatic carbocycles. The van der Waals surface area contributed by atoms with Crippen molar-refractivity contribution in [1.29, 1.82) is 0 Å². The number of rotatable bonds is 7. The summed E-state index contributed by atoms with van der Waals surface area (Å²) in [5.41, 5.74) is 0.643. The van der Waals surface area contributed by atoms with E-state index in [1.165, 1.54) is 32.1 Å². The number of methoxy groups -OCH3 is 1. The van der Waals surface area contributed by atoms with Crippen LogP contribution in [0.5, 0.6) is 0 Å². The highest BCUT2D eigenvalue weighted by molar-refractivity contribution is 5.06. The van der Waals surface area contributed by atoms with Crippen molar-refractivity contribution in [3.63, 3.8) is 0 Å². The molecule has 2 heteroatoms. The first-order chi connectivity index (χ1) is 9.96. The Hall–Kier alpha value is -0.0800. The van der Waals surface area contributed by atoms with Crippen LogP contribution in [0.3, 0.4) is 0 Å². The highest BCUT2D eigenvalue weighted by atomic mass is 16.5. The summed E-state index contributed by atoms with van der Waals surface area (Å²) in [5, 5.41) is 3.88. The quantitative estimate of drug-likeness (QED) is 0.752. The first-order valence-electron chi connectivity index (χ1n) is 9.25. The van der Waals surface area contributed by atoms with Gasteiger partial charge in [0, 0.05) is 13.2 Å². The zero-order valence-corrected chi connectivity index (χ0v) is 14.6. The molecule has 0 aromatic carbocycles. The molecule has 0 amide bonds. The minimum absolute atomic E-state index is 0.0238. The maximum absolute atomic E-state index is 5.66. The summed E-state index contributed by atoms with van der Waals surface area (Å²) in [6, 6.07) is 0.713. The molecule has 2 nitrogen and oxygen atoms in total. The van der Waals surface area contributed by atoms with Crippen LogP contribution in [0, 0.1) is 23.2 Å². The summed E-state index contributed by atoms with van der Waals surface area (Å²) in [5.74, 6) is 3.15. The molecule has 1 N–H and O–H groups in total. The fraction of sp³-hybridized carbons (Fsp3) is 1.00. The number of ether oxygens (including phenoxy) is 1. The molecule has 0 saturated heterocycles. The third kappa shape index (κ3) is 3.17. The van der Waals surface area contributed by atoms with Gasteiger partial charge in [0.05, 0.1) is 5.60 Å². The minimum Gasteiger partial charge on any atom is -0.379 e. The lowest BCUT2D eigenvalue weighted by Crippen LogP contribution is -2.56. The third-order valence-corrected chi connectivity index (χ3v) is 6.86. The molecule has 21 heavy (non-hydrogen) atoms. The molecular formula is C19H35NO. The van der Waals surface area contributed by atoms with Gasteiger partial charge in [-0.25, -0.2) is 0 Å². The van der Waals surface area contributed by atoms with E-state index in [1.807, 2.05) is 7.11 Å². The molecular weight excluding hydrogens is 258 g/mol. The highest BCUT2D eigenvalue weighted by Crippen LogP contribution is 2.61. The SMILES string of the molecule is CCNC(CCC(C)(C)OC)C12CC3CC(CC(C3)C1)C2. The predicted molar refractivity (Wildman–Crippen MR) is 88.4 cm³/mol. The molecule has 4 rings (SSSR count). The predicted octanol–water partition coefficient (Wildman–Crippen LogP) is 4.39. The zero-order chi connectivity index (χ0) is 15.1. The maximum Gasteiger partial charge on any atom is 0.0623 e. The van der Waals surface area contributed by atoms with Crippen molar-refractivity contribution in [1.82, 2.24) is 5.32 Å². The van der Waals surface area contributed by atoms with Crippen LogP contribution in [0.2, 0.25) is 0 Å². The van der Waals surface area contributed by atoms with Crippen LogP contribution in [0.25, 0.3) is 0 Å².